The van der Waals surface area contributed by atoms with Crippen molar-refractivity contribution < 1.29 is 29.4 Å². The van der Waals surface area contributed by atoms with Crippen LogP contribution in [0.15, 0.2) is 36.4 Å². The van der Waals surface area contributed by atoms with Crippen LogP contribution >= 0.6 is 0 Å². The third-order valence-corrected chi connectivity index (χ3v) is 9.58. The predicted molar refractivity (Wildman–Crippen MR) is 208 cm³/mol. The molecule has 0 fully saturated rings. The van der Waals surface area contributed by atoms with Gasteiger partial charge in [0.1, 0.15) is 17.4 Å². The Morgan fingerprint density at radius 2 is 0.827 bits per heavy atom. The molecule has 2 aromatic rings. The first-order valence-corrected chi connectivity index (χ1v) is 20.1. The van der Waals surface area contributed by atoms with Crippen molar-refractivity contribution in [1.82, 2.24) is 21.7 Å². The highest BCUT2D eigenvalue weighted by Crippen LogP contribution is 2.22. The maximum atomic E-state index is 13.3. The summed E-state index contributed by atoms with van der Waals surface area (Å²) in [6, 6.07) is 9.78. The van der Waals surface area contributed by atoms with Gasteiger partial charge in [0, 0.05) is 0 Å². The van der Waals surface area contributed by atoms with Crippen molar-refractivity contribution in [3.63, 3.8) is 0 Å². The van der Waals surface area contributed by atoms with Crippen LogP contribution < -0.4 is 21.7 Å². The summed E-state index contributed by atoms with van der Waals surface area (Å²) in [7, 11) is 0. The fourth-order valence-electron chi connectivity index (χ4n) is 6.29. The summed E-state index contributed by atoms with van der Waals surface area (Å²) in [4.78, 5) is 52.7. The molecule has 0 aliphatic heterocycles. The van der Waals surface area contributed by atoms with Gasteiger partial charge < -0.3 is 10.2 Å². The van der Waals surface area contributed by atoms with Gasteiger partial charge in [-0.1, -0.05) is 142 Å². The molecule has 0 aliphatic carbocycles. The van der Waals surface area contributed by atoms with Crippen molar-refractivity contribution >= 4 is 23.6 Å². The van der Waals surface area contributed by atoms with Crippen molar-refractivity contribution in [2.24, 2.45) is 5.92 Å². The van der Waals surface area contributed by atoms with E-state index in [-0.39, 0.29) is 29.0 Å². The number of amides is 4. The molecule has 0 saturated heterocycles. The molecular weight excluding hydrogens is 656 g/mol. The number of rotatable bonds is 26. The SMILES string of the molecule is CCCCCCCCCC(C(=O)NNC(=O)c1cc(CCCCCCCC)ccc1O)C(=O)NNC(=O)c1cc(CCCCCCCC)ccc1O. The normalized spacial score (nSPS) is 11.0. The molecule has 0 unspecified atom stereocenters. The number of phenolic OH excluding ortho intramolecular Hbond substituents is 2. The Bertz CT molecular complexity index is 1270. The Hall–Kier alpha value is -4.08. The number of aromatic hydroxyl groups is 2. The molecule has 2 aromatic carbocycles. The van der Waals surface area contributed by atoms with Gasteiger partial charge in [0.25, 0.3) is 23.6 Å². The molecule has 2 rings (SSSR count). The van der Waals surface area contributed by atoms with E-state index in [1.54, 1.807) is 24.3 Å². The van der Waals surface area contributed by atoms with E-state index in [4.69, 9.17) is 0 Å². The smallest absolute Gasteiger partial charge is 0.273 e. The molecule has 0 atom stereocenters. The Morgan fingerprint density at radius 3 is 1.21 bits per heavy atom. The average molecular weight is 723 g/mol. The molecule has 0 heterocycles. The lowest BCUT2D eigenvalue weighted by molar-refractivity contribution is -0.136. The number of phenols is 2. The molecule has 0 radical (unpaired) electrons. The van der Waals surface area contributed by atoms with Crippen LogP contribution in [0.4, 0.5) is 0 Å². The van der Waals surface area contributed by atoms with Crippen LogP contribution in [-0.2, 0) is 22.4 Å². The summed E-state index contributed by atoms with van der Waals surface area (Å²) in [6.45, 7) is 6.52. The topological polar surface area (TPSA) is 157 Å². The zero-order valence-electron chi connectivity index (χ0n) is 32.1. The van der Waals surface area contributed by atoms with E-state index in [1.165, 1.54) is 57.1 Å². The third kappa shape index (κ3) is 17.4. The highest BCUT2D eigenvalue weighted by atomic mass is 16.3. The Kier molecular flexibility index (Phi) is 22.6. The second kappa shape index (κ2) is 26.7. The molecule has 0 bridgehead atoms. The molecule has 6 N–H and O–H groups in total. The number of hydrogen-bond donors (Lipinski definition) is 6. The summed E-state index contributed by atoms with van der Waals surface area (Å²) >= 11 is 0. The van der Waals surface area contributed by atoms with Crippen LogP contribution in [0.5, 0.6) is 11.5 Å². The third-order valence-electron chi connectivity index (χ3n) is 9.58. The zero-order valence-corrected chi connectivity index (χ0v) is 32.1. The number of hydrazine groups is 2. The molecule has 10 nitrogen and oxygen atoms in total. The minimum Gasteiger partial charge on any atom is -0.507 e. The van der Waals surface area contributed by atoms with E-state index in [9.17, 15) is 29.4 Å². The molecule has 0 aliphatic rings. The molecular formula is C42H66N4O6. The first-order chi connectivity index (χ1) is 25.2. The number of unbranched alkanes of at least 4 members (excludes halogenated alkanes) is 16. The first kappa shape index (κ1) is 44.1. The monoisotopic (exact) mass is 722 g/mol. The van der Waals surface area contributed by atoms with Crippen molar-refractivity contribution in [3.8, 4) is 11.5 Å². The minimum absolute atomic E-state index is 0.0302. The lowest BCUT2D eigenvalue weighted by Gasteiger charge is -2.18. The second-order valence-corrected chi connectivity index (χ2v) is 14.1. The van der Waals surface area contributed by atoms with Gasteiger partial charge in [-0.25, -0.2) is 0 Å². The number of carbonyl (C=O) groups excluding carboxylic acids is 4. The Morgan fingerprint density at radius 1 is 0.481 bits per heavy atom. The van der Waals surface area contributed by atoms with E-state index in [0.717, 1.165) is 94.6 Å². The van der Waals surface area contributed by atoms with Crippen LogP contribution in [0.2, 0.25) is 0 Å². The maximum Gasteiger partial charge on any atom is 0.273 e. The fraction of sp³-hybridized carbons (Fsp3) is 0.619. The van der Waals surface area contributed by atoms with Gasteiger partial charge in [-0.05, 0) is 67.5 Å². The Labute approximate surface area is 312 Å². The summed E-state index contributed by atoms with van der Waals surface area (Å²) in [6.07, 6.45) is 22.4. The largest absolute Gasteiger partial charge is 0.507 e. The van der Waals surface area contributed by atoms with Gasteiger partial charge in [0.15, 0.2) is 0 Å². The van der Waals surface area contributed by atoms with Crippen LogP contribution in [0.1, 0.15) is 181 Å². The molecule has 0 aromatic heterocycles. The van der Waals surface area contributed by atoms with E-state index >= 15 is 0 Å². The van der Waals surface area contributed by atoms with Crippen molar-refractivity contribution in [3.05, 3.63) is 58.7 Å². The fourth-order valence-corrected chi connectivity index (χ4v) is 6.29. The van der Waals surface area contributed by atoms with E-state index in [1.807, 2.05) is 0 Å². The van der Waals surface area contributed by atoms with E-state index < -0.39 is 29.5 Å². The number of nitrogens with one attached hydrogen (secondary N) is 4. The van der Waals surface area contributed by atoms with Crippen molar-refractivity contribution in [2.75, 3.05) is 0 Å². The van der Waals surface area contributed by atoms with E-state index in [0.29, 0.717) is 6.42 Å². The summed E-state index contributed by atoms with van der Waals surface area (Å²) in [5.41, 5.74) is 11.3. The second-order valence-electron chi connectivity index (χ2n) is 14.1. The molecule has 52 heavy (non-hydrogen) atoms. The number of hydrogen-bond acceptors (Lipinski definition) is 6. The lowest BCUT2D eigenvalue weighted by Crippen LogP contribution is -2.51. The van der Waals surface area contributed by atoms with Crippen LogP contribution in [-0.4, -0.2) is 33.8 Å². The van der Waals surface area contributed by atoms with Gasteiger partial charge in [-0.2, -0.15) is 0 Å². The summed E-state index contributed by atoms with van der Waals surface area (Å²) in [5.74, 6) is -4.51. The lowest BCUT2D eigenvalue weighted by atomic mass is 9.98. The summed E-state index contributed by atoms with van der Waals surface area (Å²) < 4.78 is 0. The van der Waals surface area contributed by atoms with Gasteiger partial charge in [0.05, 0.1) is 11.1 Å². The van der Waals surface area contributed by atoms with Gasteiger partial charge in [0.2, 0.25) is 0 Å². The zero-order chi connectivity index (χ0) is 38.0. The van der Waals surface area contributed by atoms with Gasteiger partial charge in [-0.15, -0.1) is 0 Å². The number of aryl methyl sites for hydroxylation is 2. The standard InChI is InChI=1S/C42H66N4O6/c1-4-7-10-13-16-19-22-25-34(39(49)43-45-41(51)35-30-32(26-28-37(35)47)23-20-17-14-11-8-5-2)40(50)44-46-42(52)36-31-33(27-29-38(36)48)24-21-18-15-12-9-6-3/h26-31,34,47-48H,4-25H2,1-3H3,(H,43,49)(H,44,50)(H,45,51)(H,46,52). The molecule has 10 heteroatoms. The molecule has 0 saturated carbocycles. The van der Waals surface area contributed by atoms with Gasteiger partial charge >= 0.3 is 0 Å². The number of benzene rings is 2. The molecule has 4 amide bonds. The quantitative estimate of drug-likeness (QED) is 0.0324. The first-order valence-electron chi connectivity index (χ1n) is 20.1. The van der Waals surface area contributed by atoms with Crippen LogP contribution in [0.25, 0.3) is 0 Å². The van der Waals surface area contributed by atoms with Gasteiger partial charge in [-0.3, -0.25) is 40.9 Å². The molecule has 290 valence electrons. The average Bonchev–Trinajstić information content (AvgIpc) is 3.14. The van der Waals surface area contributed by atoms with Crippen molar-refractivity contribution in [2.45, 2.75) is 162 Å². The van der Waals surface area contributed by atoms with Crippen LogP contribution in [0, 0.1) is 5.92 Å². The highest BCUT2D eigenvalue weighted by Gasteiger charge is 2.28. The van der Waals surface area contributed by atoms with Crippen LogP contribution in [0.3, 0.4) is 0 Å². The summed E-state index contributed by atoms with van der Waals surface area (Å²) in [5, 5.41) is 20.8. The Balaban J connectivity index is 2.01. The predicted octanol–water partition coefficient (Wildman–Crippen LogP) is 8.88. The van der Waals surface area contributed by atoms with E-state index in [2.05, 4.69) is 42.5 Å². The molecule has 0 spiro atoms. The number of carbonyl (C=O) groups is 4. The highest BCUT2D eigenvalue weighted by molar-refractivity contribution is 6.04. The minimum atomic E-state index is -1.21. The maximum absolute atomic E-state index is 13.3. The van der Waals surface area contributed by atoms with Crippen molar-refractivity contribution in [1.29, 1.82) is 0 Å².